The van der Waals surface area contributed by atoms with Gasteiger partial charge < -0.3 is 15.4 Å². The number of ether oxygens (including phenoxy) is 1. The lowest BCUT2D eigenvalue weighted by molar-refractivity contribution is 0.322. The van der Waals surface area contributed by atoms with Crippen LogP contribution in [0.4, 0.5) is 0 Å². The van der Waals surface area contributed by atoms with Crippen molar-refractivity contribution in [2.45, 2.75) is 13.8 Å². The van der Waals surface area contributed by atoms with Crippen molar-refractivity contribution < 1.29 is 4.74 Å². The molecule has 5 heteroatoms. The van der Waals surface area contributed by atoms with Gasteiger partial charge in [0.15, 0.2) is 5.96 Å². The van der Waals surface area contributed by atoms with E-state index in [0.717, 1.165) is 37.1 Å². The lowest BCUT2D eigenvalue weighted by Crippen LogP contribution is -2.39. The van der Waals surface area contributed by atoms with Crippen LogP contribution in [-0.2, 0) is 0 Å². The minimum Gasteiger partial charge on any atom is -0.492 e. The Kier molecular flexibility index (Phi) is 8.71. The number of hydrogen-bond donors (Lipinski definition) is 2. The predicted molar refractivity (Wildman–Crippen MR) is 89.0 cm³/mol. The lowest BCUT2D eigenvalue weighted by Gasteiger charge is -2.12. The van der Waals surface area contributed by atoms with Crippen molar-refractivity contribution in [1.82, 2.24) is 10.6 Å². The molecule has 0 atom stereocenters. The summed E-state index contributed by atoms with van der Waals surface area (Å²) in [5.74, 6) is 2.80. The number of thioether (sulfide) groups is 1. The molecule has 0 aliphatic rings. The molecular formula is C15H25N3OS. The van der Waals surface area contributed by atoms with Gasteiger partial charge in [-0.05, 0) is 32.2 Å². The number of nitrogens with zero attached hydrogens (tertiary/aromatic N) is 1. The molecule has 1 aromatic carbocycles. The second-order valence-corrected chi connectivity index (χ2v) is 5.33. The van der Waals surface area contributed by atoms with E-state index in [1.54, 1.807) is 11.8 Å². The van der Waals surface area contributed by atoms with Crippen LogP contribution in [0.25, 0.3) is 0 Å². The van der Waals surface area contributed by atoms with Crippen LogP contribution in [0.5, 0.6) is 5.75 Å². The summed E-state index contributed by atoms with van der Waals surface area (Å²) in [6, 6.07) is 8.09. The number of nitrogens with one attached hydrogen (secondary N) is 2. The van der Waals surface area contributed by atoms with Crippen LogP contribution in [0.2, 0.25) is 0 Å². The van der Waals surface area contributed by atoms with E-state index >= 15 is 0 Å². The van der Waals surface area contributed by atoms with Crippen LogP contribution >= 0.6 is 11.8 Å². The van der Waals surface area contributed by atoms with E-state index in [9.17, 15) is 0 Å². The molecular weight excluding hydrogens is 270 g/mol. The molecule has 0 saturated heterocycles. The summed E-state index contributed by atoms with van der Waals surface area (Å²) in [5.41, 5.74) is 1.24. The Labute approximate surface area is 126 Å². The van der Waals surface area contributed by atoms with Crippen molar-refractivity contribution in [2.75, 3.05) is 38.2 Å². The molecule has 4 nitrogen and oxygen atoms in total. The summed E-state index contributed by atoms with van der Waals surface area (Å²) in [5, 5.41) is 6.49. The van der Waals surface area contributed by atoms with E-state index in [1.165, 1.54) is 5.56 Å². The highest BCUT2D eigenvalue weighted by molar-refractivity contribution is 7.98. The number of aliphatic imine (C=N–C) groups is 1. The van der Waals surface area contributed by atoms with E-state index in [2.05, 4.69) is 47.9 Å². The van der Waals surface area contributed by atoms with E-state index in [0.29, 0.717) is 6.61 Å². The Hall–Kier alpha value is -1.36. The van der Waals surface area contributed by atoms with Gasteiger partial charge in [0.05, 0.1) is 13.1 Å². The third-order valence-electron chi connectivity index (χ3n) is 2.59. The van der Waals surface area contributed by atoms with Crippen molar-refractivity contribution in [1.29, 1.82) is 0 Å². The first-order chi connectivity index (χ1) is 9.76. The Balaban J connectivity index is 2.25. The van der Waals surface area contributed by atoms with Gasteiger partial charge in [0, 0.05) is 12.3 Å². The van der Waals surface area contributed by atoms with Crippen LogP contribution in [0.3, 0.4) is 0 Å². The van der Waals surface area contributed by atoms with Crippen molar-refractivity contribution in [2.24, 2.45) is 4.99 Å². The third kappa shape index (κ3) is 7.28. The number of hydrogen-bond acceptors (Lipinski definition) is 3. The molecule has 0 bridgehead atoms. The molecule has 0 aliphatic heterocycles. The molecule has 0 heterocycles. The van der Waals surface area contributed by atoms with Crippen LogP contribution in [0.1, 0.15) is 12.5 Å². The summed E-state index contributed by atoms with van der Waals surface area (Å²) >= 11 is 1.80. The summed E-state index contributed by atoms with van der Waals surface area (Å²) < 4.78 is 5.67. The van der Waals surface area contributed by atoms with Crippen molar-refractivity contribution >= 4 is 17.7 Å². The van der Waals surface area contributed by atoms with E-state index in [1.807, 2.05) is 12.1 Å². The Morgan fingerprint density at radius 1 is 1.25 bits per heavy atom. The zero-order valence-electron chi connectivity index (χ0n) is 12.6. The maximum atomic E-state index is 5.67. The fourth-order valence-electron chi connectivity index (χ4n) is 1.56. The van der Waals surface area contributed by atoms with Gasteiger partial charge in [-0.25, -0.2) is 0 Å². The Morgan fingerprint density at radius 2 is 2.00 bits per heavy atom. The largest absolute Gasteiger partial charge is 0.492 e. The molecule has 0 radical (unpaired) electrons. The first kappa shape index (κ1) is 16.7. The van der Waals surface area contributed by atoms with Gasteiger partial charge in [0.2, 0.25) is 0 Å². The van der Waals surface area contributed by atoms with Gasteiger partial charge in [0.1, 0.15) is 12.4 Å². The molecule has 0 amide bonds. The molecule has 2 N–H and O–H groups in total. The molecule has 20 heavy (non-hydrogen) atoms. The monoisotopic (exact) mass is 295 g/mol. The van der Waals surface area contributed by atoms with Gasteiger partial charge in [0.25, 0.3) is 0 Å². The first-order valence-corrected chi connectivity index (χ1v) is 8.36. The minimum atomic E-state index is 0.621. The average Bonchev–Trinajstić information content (AvgIpc) is 2.45. The van der Waals surface area contributed by atoms with Crippen LogP contribution in [0, 0.1) is 6.92 Å². The maximum Gasteiger partial charge on any atom is 0.191 e. The molecule has 1 aromatic rings. The van der Waals surface area contributed by atoms with Gasteiger partial charge in [-0.15, -0.1) is 0 Å². The highest BCUT2D eigenvalue weighted by Crippen LogP contribution is 2.10. The zero-order valence-corrected chi connectivity index (χ0v) is 13.4. The predicted octanol–water partition coefficient (Wildman–Crippen LogP) is 2.29. The van der Waals surface area contributed by atoms with E-state index in [-0.39, 0.29) is 0 Å². The maximum absolute atomic E-state index is 5.67. The molecule has 0 aromatic heterocycles. The highest BCUT2D eigenvalue weighted by Gasteiger charge is 1.97. The number of benzene rings is 1. The minimum absolute atomic E-state index is 0.621. The standard InChI is InChI=1S/C15H25N3OS/c1-4-16-15(18-10-12-20-3)17-9-11-19-14-7-5-13(2)6-8-14/h5-8H,4,9-12H2,1-3H3,(H2,16,17,18). The fourth-order valence-corrected chi connectivity index (χ4v) is 1.84. The molecule has 112 valence electrons. The fraction of sp³-hybridized carbons (Fsp3) is 0.533. The summed E-state index contributed by atoms with van der Waals surface area (Å²) in [7, 11) is 0. The van der Waals surface area contributed by atoms with E-state index < -0.39 is 0 Å². The second-order valence-electron chi connectivity index (χ2n) is 4.34. The quantitative estimate of drug-likeness (QED) is 0.439. The average molecular weight is 295 g/mol. The molecule has 0 unspecified atom stereocenters. The normalized spacial score (nSPS) is 11.2. The first-order valence-electron chi connectivity index (χ1n) is 6.97. The molecule has 0 fully saturated rings. The topological polar surface area (TPSA) is 45.7 Å². The van der Waals surface area contributed by atoms with Gasteiger partial charge in [-0.2, -0.15) is 11.8 Å². The summed E-state index contributed by atoms with van der Waals surface area (Å²) in [6.45, 7) is 7.18. The molecule has 1 rings (SSSR count). The van der Waals surface area contributed by atoms with Crippen LogP contribution < -0.4 is 15.4 Å². The third-order valence-corrected chi connectivity index (χ3v) is 3.18. The van der Waals surface area contributed by atoms with Crippen LogP contribution in [0.15, 0.2) is 29.3 Å². The van der Waals surface area contributed by atoms with Gasteiger partial charge in [-0.1, -0.05) is 17.7 Å². The number of aryl methyl sites for hydroxylation is 1. The Morgan fingerprint density at radius 3 is 2.65 bits per heavy atom. The van der Waals surface area contributed by atoms with Crippen molar-refractivity contribution in [3.8, 4) is 5.75 Å². The van der Waals surface area contributed by atoms with Crippen LogP contribution in [-0.4, -0.2) is 44.2 Å². The van der Waals surface area contributed by atoms with Gasteiger partial charge in [-0.3, -0.25) is 4.99 Å². The summed E-state index contributed by atoms with van der Waals surface area (Å²) in [4.78, 5) is 4.48. The Bertz CT molecular complexity index is 393. The number of rotatable bonds is 8. The van der Waals surface area contributed by atoms with Crippen molar-refractivity contribution in [3.05, 3.63) is 29.8 Å². The SMILES string of the molecule is CCNC(=NCCSC)NCCOc1ccc(C)cc1. The lowest BCUT2D eigenvalue weighted by atomic mass is 10.2. The smallest absolute Gasteiger partial charge is 0.191 e. The van der Waals surface area contributed by atoms with Gasteiger partial charge >= 0.3 is 0 Å². The van der Waals surface area contributed by atoms with Crippen molar-refractivity contribution in [3.63, 3.8) is 0 Å². The highest BCUT2D eigenvalue weighted by atomic mass is 32.2. The molecule has 0 aliphatic carbocycles. The zero-order chi connectivity index (χ0) is 14.6. The summed E-state index contributed by atoms with van der Waals surface area (Å²) in [6.07, 6.45) is 2.09. The molecule has 0 saturated carbocycles. The number of guanidine groups is 1. The van der Waals surface area contributed by atoms with E-state index in [4.69, 9.17) is 4.74 Å². The molecule has 0 spiro atoms. The second kappa shape index (κ2) is 10.4.